The van der Waals surface area contributed by atoms with Gasteiger partial charge in [0.25, 0.3) is 9.05 Å². The van der Waals surface area contributed by atoms with Gasteiger partial charge in [0.05, 0.1) is 5.52 Å². The van der Waals surface area contributed by atoms with Crippen LogP contribution in [0.2, 0.25) is 0 Å². The van der Waals surface area contributed by atoms with E-state index in [9.17, 15) is 8.42 Å². The predicted octanol–water partition coefficient (Wildman–Crippen LogP) is 1.50. The second kappa shape index (κ2) is 2.96. The van der Waals surface area contributed by atoms with Gasteiger partial charge in [-0.3, -0.25) is 4.98 Å². The van der Waals surface area contributed by atoms with Crippen LogP contribution in [-0.2, 0) is 16.1 Å². The van der Waals surface area contributed by atoms with Gasteiger partial charge in [0, 0.05) is 30.1 Å². The second-order valence-electron chi connectivity index (χ2n) is 2.91. The van der Waals surface area contributed by atoms with E-state index < -0.39 is 9.05 Å². The monoisotopic (exact) mass is 230 g/mol. The van der Waals surface area contributed by atoms with Crippen molar-refractivity contribution < 1.29 is 8.42 Å². The fourth-order valence-corrected chi connectivity index (χ4v) is 2.37. The van der Waals surface area contributed by atoms with Crippen molar-refractivity contribution in [1.82, 2.24) is 9.55 Å². The quantitative estimate of drug-likeness (QED) is 0.698. The lowest BCUT2D eigenvalue weighted by molar-refractivity contribution is 0.610. The van der Waals surface area contributed by atoms with Gasteiger partial charge in [-0.05, 0) is 12.1 Å². The molecule has 2 heterocycles. The van der Waals surface area contributed by atoms with Gasteiger partial charge in [-0.1, -0.05) is 0 Å². The van der Waals surface area contributed by atoms with E-state index in [0.717, 1.165) is 5.52 Å². The molecule has 0 N–H and O–H groups in total. The Morgan fingerprint density at radius 3 is 2.86 bits per heavy atom. The minimum atomic E-state index is -3.72. The van der Waals surface area contributed by atoms with Gasteiger partial charge >= 0.3 is 0 Å². The maximum absolute atomic E-state index is 11.2. The molecule has 0 aliphatic carbocycles. The molecule has 0 spiro atoms. The zero-order valence-electron chi connectivity index (χ0n) is 7.31. The van der Waals surface area contributed by atoms with E-state index in [0.29, 0.717) is 5.52 Å². The topological polar surface area (TPSA) is 52.0 Å². The first kappa shape index (κ1) is 9.48. The van der Waals surface area contributed by atoms with E-state index in [1.807, 2.05) is 0 Å². The van der Waals surface area contributed by atoms with Gasteiger partial charge in [0.15, 0.2) is 0 Å². The SMILES string of the molecule is Cn1cc(S(=O)(=O)Cl)c2ncccc21. The maximum atomic E-state index is 11.2. The molecule has 4 nitrogen and oxygen atoms in total. The number of rotatable bonds is 1. The van der Waals surface area contributed by atoms with Crippen LogP contribution in [0.3, 0.4) is 0 Å². The summed E-state index contributed by atoms with van der Waals surface area (Å²) in [6.07, 6.45) is 2.99. The molecule has 0 radical (unpaired) electrons. The molecule has 2 rings (SSSR count). The van der Waals surface area contributed by atoms with Crippen molar-refractivity contribution in [1.29, 1.82) is 0 Å². The number of nitrogens with zero attached hydrogens (tertiary/aromatic N) is 2. The molecule has 0 fully saturated rings. The molecule has 0 bridgehead atoms. The van der Waals surface area contributed by atoms with Crippen LogP contribution in [0, 0.1) is 0 Å². The molecule has 6 heteroatoms. The van der Waals surface area contributed by atoms with Crippen LogP contribution in [0.25, 0.3) is 11.0 Å². The summed E-state index contributed by atoms with van der Waals surface area (Å²) in [5.41, 5.74) is 1.15. The third-order valence-electron chi connectivity index (χ3n) is 1.97. The highest BCUT2D eigenvalue weighted by Gasteiger charge is 2.18. The predicted molar refractivity (Wildman–Crippen MR) is 53.8 cm³/mol. The molecule has 14 heavy (non-hydrogen) atoms. The minimum absolute atomic E-state index is 0.0530. The average Bonchev–Trinajstić information content (AvgIpc) is 2.44. The van der Waals surface area contributed by atoms with Crippen molar-refractivity contribution in [3.05, 3.63) is 24.5 Å². The van der Waals surface area contributed by atoms with Crippen LogP contribution in [0.15, 0.2) is 29.4 Å². The average molecular weight is 231 g/mol. The molecule has 0 saturated heterocycles. The van der Waals surface area contributed by atoms with Gasteiger partial charge < -0.3 is 4.57 Å². The molecule has 0 unspecified atom stereocenters. The molecule has 0 aliphatic rings. The molecule has 0 saturated carbocycles. The van der Waals surface area contributed by atoms with Gasteiger partial charge in [-0.25, -0.2) is 8.42 Å². The maximum Gasteiger partial charge on any atom is 0.264 e. The minimum Gasteiger partial charge on any atom is -0.348 e. The Hall–Kier alpha value is -1.07. The van der Waals surface area contributed by atoms with Gasteiger partial charge in [0.1, 0.15) is 10.4 Å². The molecule has 2 aromatic heterocycles. The van der Waals surface area contributed by atoms with Gasteiger partial charge in [-0.2, -0.15) is 0 Å². The molecular formula is C8H7ClN2O2S. The van der Waals surface area contributed by atoms with E-state index >= 15 is 0 Å². The van der Waals surface area contributed by atoms with Crippen LogP contribution in [-0.4, -0.2) is 18.0 Å². The highest BCUT2D eigenvalue weighted by molar-refractivity contribution is 8.14. The van der Waals surface area contributed by atoms with Crippen LogP contribution < -0.4 is 0 Å². The standard InChI is InChI=1S/C8H7ClN2O2S/c1-11-5-7(14(9,12)13)8-6(11)3-2-4-10-8/h2-5H,1H3. The van der Waals surface area contributed by atoms with Gasteiger partial charge in [-0.15, -0.1) is 0 Å². The Morgan fingerprint density at radius 2 is 2.21 bits per heavy atom. The summed E-state index contributed by atoms with van der Waals surface area (Å²) >= 11 is 0. The summed E-state index contributed by atoms with van der Waals surface area (Å²) in [5, 5.41) is 0. The Bertz CT molecular complexity index is 588. The number of hydrogen-bond donors (Lipinski definition) is 0. The Labute approximate surface area is 85.5 Å². The highest BCUT2D eigenvalue weighted by atomic mass is 35.7. The summed E-state index contributed by atoms with van der Waals surface area (Å²) in [4.78, 5) is 4.04. The van der Waals surface area contributed by atoms with Crippen molar-refractivity contribution in [2.45, 2.75) is 4.90 Å². The van der Waals surface area contributed by atoms with Crippen molar-refractivity contribution in [3.8, 4) is 0 Å². The van der Waals surface area contributed by atoms with Crippen molar-refractivity contribution >= 4 is 30.8 Å². The summed E-state index contributed by atoms with van der Waals surface area (Å²) in [5.74, 6) is 0. The normalized spacial score (nSPS) is 12.1. The number of hydrogen-bond acceptors (Lipinski definition) is 3. The van der Waals surface area contributed by atoms with Gasteiger partial charge in [0.2, 0.25) is 0 Å². The molecule has 0 aliphatic heterocycles. The fraction of sp³-hybridized carbons (Fsp3) is 0.125. The van der Waals surface area contributed by atoms with Crippen LogP contribution >= 0.6 is 10.7 Å². The molecule has 0 aromatic carbocycles. The number of aryl methyl sites for hydroxylation is 1. The lowest BCUT2D eigenvalue weighted by Crippen LogP contribution is -1.89. The second-order valence-corrected chi connectivity index (χ2v) is 5.45. The first-order valence-corrected chi connectivity index (χ1v) is 6.16. The van der Waals surface area contributed by atoms with Crippen molar-refractivity contribution in [2.24, 2.45) is 7.05 Å². The number of pyridine rings is 1. The number of halogens is 1. The smallest absolute Gasteiger partial charge is 0.264 e. The summed E-state index contributed by atoms with van der Waals surface area (Å²) < 4.78 is 24.0. The van der Waals surface area contributed by atoms with E-state index in [1.165, 1.54) is 12.4 Å². The lowest BCUT2D eigenvalue weighted by Gasteiger charge is -1.92. The molecule has 0 amide bonds. The third kappa shape index (κ3) is 1.38. The molecular weight excluding hydrogens is 224 g/mol. The summed E-state index contributed by atoms with van der Waals surface area (Å²) in [6, 6.07) is 3.53. The van der Waals surface area contributed by atoms with E-state index in [2.05, 4.69) is 4.98 Å². The van der Waals surface area contributed by atoms with Crippen LogP contribution in [0.4, 0.5) is 0 Å². The molecule has 2 aromatic rings. The highest BCUT2D eigenvalue weighted by Crippen LogP contribution is 2.24. The van der Waals surface area contributed by atoms with E-state index in [1.54, 1.807) is 23.7 Å². The third-order valence-corrected chi connectivity index (χ3v) is 3.30. The van der Waals surface area contributed by atoms with E-state index in [4.69, 9.17) is 10.7 Å². The summed E-state index contributed by atoms with van der Waals surface area (Å²) in [6.45, 7) is 0. The Kier molecular flexibility index (Phi) is 2.01. The van der Waals surface area contributed by atoms with Crippen LogP contribution in [0.5, 0.6) is 0 Å². The van der Waals surface area contributed by atoms with Crippen LogP contribution in [0.1, 0.15) is 0 Å². The van der Waals surface area contributed by atoms with Crippen molar-refractivity contribution in [2.75, 3.05) is 0 Å². The zero-order valence-corrected chi connectivity index (χ0v) is 8.88. The number of aromatic nitrogens is 2. The fourth-order valence-electron chi connectivity index (χ4n) is 1.36. The van der Waals surface area contributed by atoms with Crippen molar-refractivity contribution in [3.63, 3.8) is 0 Å². The number of fused-ring (bicyclic) bond motifs is 1. The first-order valence-electron chi connectivity index (χ1n) is 3.85. The lowest BCUT2D eigenvalue weighted by atomic mass is 10.4. The Balaban J connectivity index is 2.93. The summed E-state index contributed by atoms with van der Waals surface area (Å²) in [7, 11) is 3.30. The van der Waals surface area contributed by atoms with E-state index in [-0.39, 0.29) is 4.90 Å². The largest absolute Gasteiger partial charge is 0.348 e. The molecule has 0 atom stereocenters. The first-order chi connectivity index (χ1) is 6.50. The Morgan fingerprint density at radius 1 is 1.50 bits per heavy atom. The molecule has 74 valence electrons. The zero-order chi connectivity index (χ0) is 10.3.